The average Bonchev–Trinajstić information content (AvgIpc) is 3.13. The van der Waals surface area contributed by atoms with Crippen molar-refractivity contribution >= 4 is 22.2 Å². The molecule has 0 saturated heterocycles. The molecule has 9 heteroatoms. The van der Waals surface area contributed by atoms with Crippen LogP contribution >= 0.6 is 11.3 Å². The molecule has 0 bridgehead atoms. The van der Waals surface area contributed by atoms with Crippen LogP contribution in [0.3, 0.4) is 0 Å². The number of ether oxygens (including phenoxy) is 1. The van der Waals surface area contributed by atoms with E-state index in [4.69, 9.17) is 4.74 Å². The van der Waals surface area contributed by atoms with Crippen LogP contribution in [-0.2, 0) is 10.9 Å². The van der Waals surface area contributed by atoms with Gasteiger partial charge in [0.1, 0.15) is 5.69 Å². The number of methoxy groups -OCH3 is 1. The van der Waals surface area contributed by atoms with Crippen molar-refractivity contribution in [3.63, 3.8) is 0 Å². The average molecular weight is 369 g/mol. The van der Waals surface area contributed by atoms with Crippen LogP contribution in [0, 0.1) is 0 Å². The van der Waals surface area contributed by atoms with Crippen LogP contribution in [0.25, 0.3) is 15.4 Å². The van der Waals surface area contributed by atoms with Crippen LogP contribution in [0.15, 0.2) is 36.7 Å². The van der Waals surface area contributed by atoms with Crippen molar-refractivity contribution in [1.29, 1.82) is 0 Å². The molecular weight excluding hydrogens is 355 g/mol. The number of hydrogen-bond donors (Lipinski definition) is 1. The lowest BCUT2D eigenvalue weighted by atomic mass is 10.1. The number of nitrogens with zero attached hydrogens (tertiary/aromatic N) is 2. The van der Waals surface area contributed by atoms with Gasteiger partial charge in [0.05, 0.1) is 17.0 Å². The van der Waals surface area contributed by atoms with Crippen molar-refractivity contribution in [2.45, 2.75) is 6.18 Å². The van der Waals surface area contributed by atoms with Gasteiger partial charge < -0.3 is 10.1 Å². The largest absolute Gasteiger partial charge is 0.416 e. The third kappa shape index (κ3) is 3.83. The zero-order valence-electron chi connectivity index (χ0n) is 13.1. The predicted molar refractivity (Wildman–Crippen MR) is 87.7 cm³/mol. The lowest BCUT2D eigenvalue weighted by Crippen LogP contribution is -2.27. The molecule has 0 unspecified atom stereocenters. The quantitative estimate of drug-likeness (QED) is 0.701. The number of amides is 1. The van der Waals surface area contributed by atoms with E-state index in [0.29, 0.717) is 23.7 Å². The molecule has 2 aromatic heterocycles. The maximum atomic E-state index is 12.6. The molecule has 1 aromatic carbocycles. The van der Waals surface area contributed by atoms with Crippen molar-refractivity contribution in [2.75, 3.05) is 20.3 Å². The van der Waals surface area contributed by atoms with E-state index >= 15 is 0 Å². The Morgan fingerprint density at radius 2 is 2.00 bits per heavy atom. The van der Waals surface area contributed by atoms with E-state index in [1.807, 2.05) is 0 Å². The molecule has 0 aliphatic heterocycles. The van der Waals surface area contributed by atoms with E-state index in [1.165, 1.54) is 23.5 Å². The fourth-order valence-electron chi connectivity index (χ4n) is 2.22. The molecule has 0 aliphatic rings. The number of aromatic nitrogens is 2. The van der Waals surface area contributed by atoms with Gasteiger partial charge in [-0.25, -0.2) is 4.98 Å². The minimum atomic E-state index is -4.35. The van der Waals surface area contributed by atoms with Gasteiger partial charge in [-0.15, -0.1) is 0 Å². The first-order valence-corrected chi connectivity index (χ1v) is 8.13. The standard InChI is InChI=1S/C16H14F3N3O2S/c1-24-7-6-20-14(23)12-8-22-9-13(25-15(22)21-12)10-2-4-11(5-3-10)16(17,18)19/h2-5,8-9H,6-7H2,1H3,(H,20,23). The Morgan fingerprint density at radius 1 is 1.28 bits per heavy atom. The van der Waals surface area contributed by atoms with Crippen molar-refractivity contribution in [2.24, 2.45) is 0 Å². The van der Waals surface area contributed by atoms with Gasteiger partial charge >= 0.3 is 6.18 Å². The van der Waals surface area contributed by atoms with E-state index in [2.05, 4.69) is 10.3 Å². The molecule has 2 heterocycles. The third-order valence-corrected chi connectivity index (χ3v) is 4.52. The maximum Gasteiger partial charge on any atom is 0.416 e. The maximum absolute atomic E-state index is 12.6. The van der Waals surface area contributed by atoms with Gasteiger partial charge in [-0.2, -0.15) is 13.2 Å². The second-order valence-electron chi connectivity index (χ2n) is 5.24. The minimum absolute atomic E-state index is 0.279. The summed E-state index contributed by atoms with van der Waals surface area (Å²) in [5, 5.41) is 2.68. The monoisotopic (exact) mass is 369 g/mol. The Balaban J connectivity index is 1.78. The molecule has 0 atom stereocenters. The number of halogens is 3. The number of carbonyl (C=O) groups excluding carboxylic acids is 1. The van der Waals surface area contributed by atoms with Crippen molar-refractivity contribution < 1.29 is 22.7 Å². The molecule has 0 fully saturated rings. The predicted octanol–water partition coefficient (Wildman–Crippen LogP) is 3.46. The summed E-state index contributed by atoms with van der Waals surface area (Å²) in [4.78, 5) is 17.5. The van der Waals surface area contributed by atoms with Gasteiger partial charge in [-0.05, 0) is 17.7 Å². The Morgan fingerprint density at radius 3 is 2.60 bits per heavy atom. The zero-order valence-corrected chi connectivity index (χ0v) is 13.9. The van der Waals surface area contributed by atoms with Gasteiger partial charge in [-0.3, -0.25) is 9.20 Å². The molecule has 0 saturated carbocycles. The van der Waals surface area contributed by atoms with E-state index in [-0.39, 0.29) is 11.6 Å². The zero-order chi connectivity index (χ0) is 18.0. The highest BCUT2D eigenvalue weighted by Crippen LogP contribution is 2.33. The number of thiazole rings is 1. The highest BCUT2D eigenvalue weighted by atomic mass is 32.1. The molecule has 0 spiro atoms. The summed E-state index contributed by atoms with van der Waals surface area (Å²) in [6, 6.07) is 4.94. The number of imidazole rings is 1. The molecule has 1 N–H and O–H groups in total. The summed E-state index contributed by atoms with van der Waals surface area (Å²) in [5.74, 6) is -0.302. The van der Waals surface area contributed by atoms with Crippen LogP contribution in [0.5, 0.6) is 0 Å². The number of hydrogen-bond acceptors (Lipinski definition) is 4. The number of nitrogens with one attached hydrogen (secondary N) is 1. The van der Waals surface area contributed by atoms with E-state index < -0.39 is 11.7 Å². The van der Waals surface area contributed by atoms with Crippen LogP contribution in [0.4, 0.5) is 13.2 Å². The molecule has 25 heavy (non-hydrogen) atoms. The van der Waals surface area contributed by atoms with Gasteiger partial charge in [-0.1, -0.05) is 23.5 Å². The van der Waals surface area contributed by atoms with Crippen molar-refractivity contribution in [3.8, 4) is 10.4 Å². The molecule has 5 nitrogen and oxygen atoms in total. The van der Waals surface area contributed by atoms with E-state index in [0.717, 1.165) is 17.0 Å². The van der Waals surface area contributed by atoms with Crippen LogP contribution < -0.4 is 5.32 Å². The molecule has 0 aliphatic carbocycles. The van der Waals surface area contributed by atoms with Crippen LogP contribution in [0.2, 0.25) is 0 Å². The smallest absolute Gasteiger partial charge is 0.383 e. The first-order valence-electron chi connectivity index (χ1n) is 7.32. The summed E-state index contributed by atoms with van der Waals surface area (Å²) in [5.41, 5.74) is 0.253. The van der Waals surface area contributed by atoms with E-state index in [1.54, 1.807) is 23.9 Å². The summed E-state index contributed by atoms with van der Waals surface area (Å²) < 4.78 is 44.4. The van der Waals surface area contributed by atoms with Gasteiger partial charge in [0.15, 0.2) is 4.96 Å². The van der Waals surface area contributed by atoms with Crippen LogP contribution in [0.1, 0.15) is 16.1 Å². The molecule has 3 rings (SSSR count). The molecule has 0 radical (unpaired) electrons. The molecule has 132 valence electrons. The van der Waals surface area contributed by atoms with Crippen molar-refractivity contribution in [1.82, 2.24) is 14.7 Å². The SMILES string of the molecule is COCCNC(=O)c1cn2cc(-c3ccc(C(F)(F)F)cc3)sc2n1. The van der Waals surface area contributed by atoms with Gasteiger partial charge in [0.25, 0.3) is 5.91 Å². The Bertz CT molecular complexity index is 853. The lowest BCUT2D eigenvalue weighted by Gasteiger charge is -2.06. The topological polar surface area (TPSA) is 55.6 Å². The second kappa shape index (κ2) is 6.85. The first kappa shape index (κ1) is 17.4. The van der Waals surface area contributed by atoms with Gasteiger partial charge in [0, 0.05) is 26.0 Å². The van der Waals surface area contributed by atoms with Crippen molar-refractivity contribution in [3.05, 3.63) is 47.9 Å². The fourth-order valence-corrected chi connectivity index (χ4v) is 3.19. The number of rotatable bonds is 5. The normalized spacial score (nSPS) is 11.8. The highest BCUT2D eigenvalue weighted by Gasteiger charge is 2.30. The summed E-state index contributed by atoms with van der Waals surface area (Å²) in [6.45, 7) is 0.795. The summed E-state index contributed by atoms with van der Waals surface area (Å²) in [6.07, 6.45) is -1.03. The second-order valence-corrected chi connectivity index (χ2v) is 6.24. The highest BCUT2D eigenvalue weighted by molar-refractivity contribution is 7.20. The number of carbonyl (C=O) groups is 1. The lowest BCUT2D eigenvalue weighted by molar-refractivity contribution is -0.137. The van der Waals surface area contributed by atoms with Crippen LogP contribution in [-0.4, -0.2) is 35.6 Å². The summed E-state index contributed by atoms with van der Waals surface area (Å²) >= 11 is 1.30. The molecule has 3 aromatic rings. The minimum Gasteiger partial charge on any atom is -0.383 e. The number of fused-ring (bicyclic) bond motifs is 1. The number of alkyl halides is 3. The Labute approximate surface area is 145 Å². The fraction of sp³-hybridized carbons (Fsp3) is 0.250. The van der Waals surface area contributed by atoms with Gasteiger partial charge in [0.2, 0.25) is 0 Å². The Hall–Kier alpha value is -2.39. The molecule has 1 amide bonds. The third-order valence-electron chi connectivity index (χ3n) is 3.48. The number of benzene rings is 1. The molecular formula is C16H14F3N3O2S. The Kier molecular flexibility index (Phi) is 4.78. The van der Waals surface area contributed by atoms with E-state index in [9.17, 15) is 18.0 Å². The summed E-state index contributed by atoms with van der Waals surface area (Å²) in [7, 11) is 1.54. The first-order chi connectivity index (χ1) is 11.9.